The van der Waals surface area contributed by atoms with Gasteiger partial charge in [0, 0.05) is 32.2 Å². The Labute approximate surface area is 133 Å². The summed E-state index contributed by atoms with van der Waals surface area (Å²) in [5, 5.41) is 3.31. The Hall–Kier alpha value is -1.11. The van der Waals surface area contributed by atoms with E-state index in [9.17, 15) is 8.42 Å². The molecular formula is C16H25N3O2S. The minimum atomic E-state index is -3.46. The Morgan fingerprint density at radius 1 is 1.18 bits per heavy atom. The Morgan fingerprint density at radius 3 is 2.55 bits per heavy atom. The zero-order valence-electron chi connectivity index (χ0n) is 13.1. The van der Waals surface area contributed by atoms with Crippen LogP contribution < -0.4 is 14.9 Å². The van der Waals surface area contributed by atoms with Gasteiger partial charge in [-0.3, -0.25) is 0 Å². The molecule has 5 nitrogen and oxygen atoms in total. The highest BCUT2D eigenvalue weighted by Crippen LogP contribution is 2.28. The Bertz CT molecular complexity index is 618. The van der Waals surface area contributed by atoms with E-state index in [0.717, 1.165) is 63.1 Å². The third-order valence-corrected chi connectivity index (χ3v) is 6.09. The Kier molecular flexibility index (Phi) is 4.70. The summed E-state index contributed by atoms with van der Waals surface area (Å²) < 4.78 is 28.6. The largest absolute Gasteiger partial charge is 0.368 e. The third-order valence-electron chi connectivity index (χ3n) is 4.54. The molecule has 0 amide bonds. The highest BCUT2D eigenvalue weighted by molar-refractivity contribution is 7.89. The van der Waals surface area contributed by atoms with Gasteiger partial charge in [0.2, 0.25) is 10.0 Å². The van der Waals surface area contributed by atoms with Gasteiger partial charge < -0.3 is 10.2 Å². The number of nitrogens with one attached hydrogen (secondary N) is 2. The normalized spacial score (nSPS) is 20.5. The van der Waals surface area contributed by atoms with Crippen LogP contribution in [0, 0.1) is 6.92 Å². The fraction of sp³-hybridized carbons (Fsp3) is 0.625. The van der Waals surface area contributed by atoms with E-state index in [0.29, 0.717) is 4.90 Å². The smallest absolute Gasteiger partial charge is 0.242 e. The van der Waals surface area contributed by atoms with Crippen molar-refractivity contribution >= 4 is 15.7 Å². The molecule has 6 heteroatoms. The fourth-order valence-corrected chi connectivity index (χ4v) is 4.95. The van der Waals surface area contributed by atoms with Crippen molar-refractivity contribution in [2.45, 2.75) is 43.5 Å². The van der Waals surface area contributed by atoms with Crippen LogP contribution in [0.2, 0.25) is 0 Å². The molecule has 0 spiro atoms. The second-order valence-corrected chi connectivity index (χ2v) is 7.99. The molecule has 1 saturated heterocycles. The molecule has 1 saturated carbocycles. The first kappa shape index (κ1) is 15.8. The summed E-state index contributed by atoms with van der Waals surface area (Å²) in [6.07, 6.45) is 4.14. The predicted molar refractivity (Wildman–Crippen MR) is 88.8 cm³/mol. The minimum absolute atomic E-state index is 0.0985. The van der Waals surface area contributed by atoms with Crippen molar-refractivity contribution in [1.82, 2.24) is 10.0 Å². The molecule has 22 heavy (non-hydrogen) atoms. The number of anilines is 1. The van der Waals surface area contributed by atoms with Crippen LogP contribution in [0.5, 0.6) is 0 Å². The molecule has 1 aromatic rings. The zero-order chi connectivity index (χ0) is 15.6. The van der Waals surface area contributed by atoms with Crippen LogP contribution in [-0.2, 0) is 10.0 Å². The third kappa shape index (κ3) is 3.45. The van der Waals surface area contributed by atoms with Crippen molar-refractivity contribution in [3.63, 3.8) is 0 Å². The number of rotatable bonds is 4. The van der Waals surface area contributed by atoms with Gasteiger partial charge in [-0.25, -0.2) is 13.1 Å². The van der Waals surface area contributed by atoms with Crippen molar-refractivity contribution in [3.05, 3.63) is 23.8 Å². The predicted octanol–water partition coefficient (Wildman–Crippen LogP) is 1.63. The van der Waals surface area contributed by atoms with E-state index in [1.165, 1.54) is 0 Å². The second-order valence-electron chi connectivity index (χ2n) is 6.31. The number of hydrogen-bond donors (Lipinski definition) is 2. The maximum atomic E-state index is 12.9. The summed E-state index contributed by atoms with van der Waals surface area (Å²) >= 11 is 0. The summed E-state index contributed by atoms with van der Waals surface area (Å²) in [5.41, 5.74) is 1.81. The molecule has 0 unspecified atom stereocenters. The summed E-state index contributed by atoms with van der Waals surface area (Å²) in [5.74, 6) is 0. The Balaban J connectivity index is 1.91. The first-order valence-corrected chi connectivity index (χ1v) is 9.63. The van der Waals surface area contributed by atoms with Gasteiger partial charge in [0.15, 0.2) is 0 Å². The van der Waals surface area contributed by atoms with E-state index >= 15 is 0 Å². The van der Waals surface area contributed by atoms with E-state index in [2.05, 4.69) is 14.9 Å². The van der Waals surface area contributed by atoms with Crippen molar-refractivity contribution in [2.75, 3.05) is 31.1 Å². The lowest BCUT2D eigenvalue weighted by atomic mass is 10.2. The topological polar surface area (TPSA) is 61.4 Å². The molecule has 0 aromatic heterocycles. The molecule has 1 heterocycles. The highest BCUT2D eigenvalue weighted by Gasteiger charge is 2.27. The lowest BCUT2D eigenvalue weighted by Crippen LogP contribution is -2.44. The van der Waals surface area contributed by atoms with Gasteiger partial charge >= 0.3 is 0 Å². The quantitative estimate of drug-likeness (QED) is 0.884. The van der Waals surface area contributed by atoms with E-state index in [1.54, 1.807) is 6.07 Å². The fourth-order valence-electron chi connectivity index (χ4n) is 3.33. The monoisotopic (exact) mass is 323 g/mol. The maximum absolute atomic E-state index is 12.9. The first-order chi connectivity index (χ1) is 10.6. The molecule has 0 atom stereocenters. The summed E-state index contributed by atoms with van der Waals surface area (Å²) in [4.78, 5) is 2.60. The lowest BCUT2D eigenvalue weighted by Gasteiger charge is -2.31. The van der Waals surface area contributed by atoms with Gasteiger partial charge in [-0.2, -0.15) is 0 Å². The molecule has 0 radical (unpaired) electrons. The molecule has 1 aliphatic heterocycles. The second kappa shape index (κ2) is 6.56. The lowest BCUT2D eigenvalue weighted by molar-refractivity contribution is 0.549. The van der Waals surface area contributed by atoms with Crippen LogP contribution in [-0.4, -0.2) is 40.6 Å². The molecule has 2 N–H and O–H groups in total. The zero-order valence-corrected chi connectivity index (χ0v) is 14.0. The number of sulfonamides is 1. The van der Waals surface area contributed by atoms with Gasteiger partial charge in [0.1, 0.15) is 4.90 Å². The van der Waals surface area contributed by atoms with Gasteiger partial charge in [-0.15, -0.1) is 0 Å². The van der Waals surface area contributed by atoms with E-state index < -0.39 is 10.0 Å². The number of aryl methyl sites for hydroxylation is 1. The molecule has 3 rings (SSSR count). The molecule has 1 aliphatic carbocycles. The summed E-state index contributed by atoms with van der Waals surface area (Å²) in [7, 11) is -3.46. The summed E-state index contributed by atoms with van der Waals surface area (Å²) in [6, 6.07) is 5.84. The first-order valence-electron chi connectivity index (χ1n) is 8.15. The summed E-state index contributed by atoms with van der Waals surface area (Å²) in [6.45, 7) is 5.41. The Morgan fingerprint density at radius 2 is 1.86 bits per heavy atom. The van der Waals surface area contributed by atoms with Crippen LogP contribution in [0.4, 0.5) is 5.69 Å². The van der Waals surface area contributed by atoms with Gasteiger partial charge in [-0.1, -0.05) is 18.9 Å². The highest BCUT2D eigenvalue weighted by atomic mass is 32.2. The van der Waals surface area contributed by atoms with Gasteiger partial charge in [0.05, 0.1) is 5.69 Å². The van der Waals surface area contributed by atoms with Gasteiger partial charge in [-0.05, 0) is 37.5 Å². The average molecular weight is 323 g/mol. The van der Waals surface area contributed by atoms with E-state index in [1.807, 2.05) is 19.1 Å². The van der Waals surface area contributed by atoms with Crippen LogP contribution in [0.3, 0.4) is 0 Å². The van der Waals surface area contributed by atoms with Crippen LogP contribution in [0.1, 0.15) is 31.2 Å². The SMILES string of the molecule is Cc1ccc(N2CCNCC2)c(S(=O)(=O)NC2CCCC2)c1. The standard InChI is InChI=1S/C16H25N3O2S/c1-13-6-7-15(19-10-8-17-9-11-19)16(12-13)22(20,21)18-14-4-2-3-5-14/h6-7,12,14,17-18H,2-5,8-11H2,1H3. The van der Waals surface area contributed by atoms with Crippen LogP contribution in [0.25, 0.3) is 0 Å². The minimum Gasteiger partial charge on any atom is -0.368 e. The van der Waals surface area contributed by atoms with Crippen molar-refractivity contribution in [1.29, 1.82) is 0 Å². The number of nitrogens with zero attached hydrogens (tertiary/aromatic N) is 1. The molecule has 2 aliphatic rings. The molecule has 122 valence electrons. The molecular weight excluding hydrogens is 298 g/mol. The van der Waals surface area contributed by atoms with Crippen molar-refractivity contribution in [3.8, 4) is 0 Å². The number of hydrogen-bond acceptors (Lipinski definition) is 4. The van der Waals surface area contributed by atoms with Crippen LogP contribution in [0.15, 0.2) is 23.1 Å². The van der Waals surface area contributed by atoms with E-state index in [4.69, 9.17) is 0 Å². The number of piperazine rings is 1. The number of benzene rings is 1. The van der Waals surface area contributed by atoms with Gasteiger partial charge in [0.25, 0.3) is 0 Å². The maximum Gasteiger partial charge on any atom is 0.242 e. The van der Waals surface area contributed by atoms with Crippen molar-refractivity contribution in [2.24, 2.45) is 0 Å². The molecule has 0 bridgehead atoms. The van der Waals surface area contributed by atoms with Crippen molar-refractivity contribution < 1.29 is 8.42 Å². The van der Waals surface area contributed by atoms with E-state index in [-0.39, 0.29) is 6.04 Å². The molecule has 2 fully saturated rings. The molecule has 1 aromatic carbocycles. The average Bonchev–Trinajstić information content (AvgIpc) is 3.00. The van der Waals surface area contributed by atoms with Crippen LogP contribution >= 0.6 is 0 Å².